The van der Waals surface area contributed by atoms with Crippen LogP contribution in [0.15, 0.2) is 18.2 Å². The van der Waals surface area contributed by atoms with Crippen molar-refractivity contribution in [3.8, 4) is 0 Å². The van der Waals surface area contributed by atoms with E-state index in [0.29, 0.717) is 10.7 Å². The van der Waals surface area contributed by atoms with E-state index in [1.165, 1.54) is 16.7 Å². The summed E-state index contributed by atoms with van der Waals surface area (Å²) in [4.78, 5) is 0.536. The maximum atomic E-state index is 3.63. The summed E-state index contributed by atoms with van der Waals surface area (Å²) in [5.74, 6) is 0.584. The SMILES string of the molecule is Cc1ccc(C(C)C(C)Br)c(C)c1. The minimum atomic E-state index is 0.536. The van der Waals surface area contributed by atoms with Gasteiger partial charge in [-0.3, -0.25) is 0 Å². The molecule has 1 aromatic carbocycles. The predicted octanol–water partition coefficient (Wildman–Crippen LogP) is 4.19. The largest absolute Gasteiger partial charge is 0.0887 e. The van der Waals surface area contributed by atoms with Gasteiger partial charge in [-0.15, -0.1) is 0 Å². The Morgan fingerprint density at radius 1 is 1.15 bits per heavy atom. The number of halogens is 1. The molecule has 0 spiro atoms. The highest BCUT2D eigenvalue weighted by Crippen LogP contribution is 2.27. The van der Waals surface area contributed by atoms with Crippen molar-refractivity contribution >= 4 is 15.9 Å². The van der Waals surface area contributed by atoms with E-state index < -0.39 is 0 Å². The van der Waals surface area contributed by atoms with Crippen LogP contribution in [0.25, 0.3) is 0 Å². The molecule has 0 saturated carbocycles. The van der Waals surface area contributed by atoms with E-state index in [1.807, 2.05) is 0 Å². The number of alkyl halides is 1. The Balaban J connectivity index is 3.01. The molecule has 0 aliphatic carbocycles. The molecular weight excluding hydrogens is 224 g/mol. The second-order valence-electron chi connectivity index (χ2n) is 3.83. The van der Waals surface area contributed by atoms with Gasteiger partial charge in [0.2, 0.25) is 0 Å². The summed E-state index contributed by atoms with van der Waals surface area (Å²) in [5.41, 5.74) is 4.20. The van der Waals surface area contributed by atoms with Gasteiger partial charge < -0.3 is 0 Å². The maximum Gasteiger partial charge on any atom is 0.0183 e. The lowest BCUT2D eigenvalue weighted by atomic mass is 9.93. The van der Waals surface area contributed by atoms with Gasteiger partial charge in [0, 0.05) is 4.83 Å². The van der Waals surface area contributed by atoms with Gasteiger partial charge in [0.15, 0.2) is 0 Å². The van der Waals surface area contributed by atoms with Crippen LogP contribution >= 0.6 is 15.9 Å². The normalized spacial score (nSPS) is 15.5. The Morgan fingerprint density at radius 3 is 2.23 bits per heavy atom. The molecule has 13 heavy (non-hydrogen) atoms. The average Bonchev–Trinajstić information content (AvgIpc) is 2.03. The van der Waals surface area contributed by atoms with Crippen LogP contribution in [0.4, 0.5) is 0 Å². The Bertz CT molecular complexity index is 289. The zero-order valence-corrected chi connectivity index (χ0v) is 10.4. The van der Waals surface area contributed by atoms with E-state index in [9.17, 15) is 0 Å². The molecule has 0 heterocycles. The van der Waals surface area contributed by atoms with Gasteiger partial charge in [0.25, 0.3) is 0 Å². The van der Waals surface area contributed by atoms with E-state index >= 15 is 0 Å². The molecule has 2 unspecified atom stereocenters. The third kappa shape index (κ3) is 2.57. The lowest BCUT2D eigenvalue weighted by Gasteiger charge is -2.17. The molecule has 0 fully saturated rings. The van der Waals surface area contributed by atoms with Crippen LogP contribution in [-0.2, 0) is 0 Å². The van der Waals surface area contributed by atoms with Crippen LogP contribution in [0.1, 0.15) is 36.5 Å². The highest BCUT2D eigenvalue weighted by atomic mass is 79.9. The third-order valence-corrected chi connectivity index (χ3v) is 3.40. The van der Waals surface area contributed by atoms with E-state index in [2.05, 4.69) is 61.8 Å². The molecule has 0 N–H and O–H groups in total. The van der Waals surface area contributed by atoms with Gasteiger partial charge in [-0.25, -0.2) is 0 Å². The van der Waals surface area contributed by atoms with Crippen molar-refractivity contribution in [3.05, 3.63) is 34.9 Å². The first-order valence-corrected chi connectivity index (χ1v) is 5.65. The highest BCUT2D eigenvalue weighted by molar-refractivity contribution is 9.09. The first kappa shape index (κ1) is 10.8. The summed E-state index contributed by atoms with van der Waals surface area (Å²) in [6, 6.07) is 6.68. The molecule has 0 bridgehead atoms. The monoisotopic (exact) mass is 240 g/mol. The van der Waals surface area contributed by atoms with Crippen LogP contribution in [0.5, 0.6) is 0 Å². The molecule has 0 aliphatic heterocycles. The Labute approximate surface area is 89.5 Å². The lowest BCUT2D eigenvalue weighted by Crippen LogP contribution is -2.06. The molecule has 0 nitrogen and oxygen atoms in total. The average molecular weight is 241 g/mol. The summed E-state index contributed by atoms with van der Waals surface area (Å²) in [6.45, 7) is 8.79. The Hall–Kier alpha value is -0.300. The standard InChI is InChI=1S/C12H17Br/c1-8-5-6-12(9(2)7-8)10(3)11(4)13/h5-7,10-11H,1-4H3. The fourth-order valence-corrected chi connectivity index (χ4v) is 1.87. The summed E-state index contributed by atoms with van der Waals surface area (Å²) < 4.78 is 0. The molecule has 1 aromatic rings. The van der Waals surface area contributed by atoms with Crippen molar-refractivity contribution in [1.82, 2.24) is 0 Å². The van der Waals surface area contributed by atoms with Crippen molar-refractivity contribution < 1.29 is 0 Å². The second-order valence-corrected chi connectivity index (χ2v) is 5.27. The van der Waals surface area contributed by atoms with Crippen LogP contribution in [-0.4, -0.2) is 4.83 Å². The van der Waals surface area contributed by atoms with Gasteiger partial charge >= 0.3 is 0 Å². The van der Waals surface area contributed by atoms with Crippen molar-refractivity contribution in [2.75, 3.05) is 0 Å². The van der Waals surface area contributed by atoms with Crippen LogP contribution < -0.4 is 0 Å². The van der Waals surface area contributed by atoms with Gasteiger partial charge in [0.05, 0.1) is 0 Å². The van der Waals surface area contributed by atoms with Gasteiger partial charge in [-0.05, 0) is 30.9 Å². The molecule has 0 radical (unpaired) electrons. The highest BCUT2D eigenvalue weighted by Gasteiger charge is 2.12. The fourth-order valence-electron chi connectivity index (χ4n) is 1.58. The number of hydrogen-bond acceptors (Lipinski definition) is 0. The smallest absolute Gasteiger partial charge is 0.0183 e. The minimum Gasteiger partial charge on any atom is -0.0887 e. The Kier molecular flexibility index (Phi) is 3.55. The number of hydrogen-bond donors (Lipinski definition) is 0. The third-order valence-electron chi connectivity index (χ3n) is 2.60. The second kappa shape index (κ2) is 4.28. The van der Waals surface area contributed by atoms with Crippen molar-refractivity contribution in [1.29, 1.82) is 0 Å². The summed E-state index contributed by atoms with van der Waals surface area (Å²) in [5, 5.41) is 0. The van der Waals surface area contributed by atoms with Gasteiger partial charge in [-0.1, -0.05) is 53.5 Å². The number of aryl methyl sites for hydroxylation is 2. The van der Waals surface area contributed by atoms with Crippen LogP contribution in [0.2, 0.25) is 0 Å². The molecule has 72 valence electrons. The molecular formula is C12H17Br. The lowest BCUT2D eigenvalue weighted by molar-refractivity contribution is 0.755. The molecule has 0 aromatic heterocycles. The number of benzene rings is 1. The topological polar surface area (TPSA) is 0 Å². The molecule has 1 rings (SSSR count). The van der Waals surface area contributed by atoms with Crippen molar-refractivity contribution in [3.63, 3.8) is 0 Å². The molecule has 0 amide bonds. The van der Waals surface area contributed by atoms with E-state index in [-0.39, 0.29) is 0 Å². The fraction of sp³-hybridized carbons (Fsp3) is 0.500. The first-order chi connectivity index (χ1) is 6.02. The quantitative estimate of drug-likeness (QED) is 0.681. The minimum absolute atomic E-state index is 0.536. The zero-order valence-electron chi connectivity index (χ0n) is 8.76. The zero-order chi connectivity index (χ0) is 10.0. The first-order valence-electron chi connectivity index (χ1n) is 4.73. The molecule has 2 atom stereocenters. The summed E-state index contributed by atoms with van der Waals surface area (Å²) in [6.07, 6.45) is 0. The molecule has 0 aliphatic rings. The number of rotatable bonds is 2. The Morgan fingerprint density at radius 2 is 1.77 bits per heavy atom. The molecule has 1 heteroatoms. The van der Waals surface area contributed by atoms with E-state index in [0.717, 1.165) is 0 Å². The van der Waals surface area contributed by atoms with Crippen molar-refractivity contribution in [2.45, 2.75) is 38.4 Å². The van der Waals surface area contributed by atoms with Crippen LogP contribution in [0.3, 0.4) is 0 Å². The van der Waals surface area contributed by atoms with Crippen LogP contribution in [0, 0.1) is 13.8 Å². The summed E-state index contributed by atoms with van der Waals surface area (Å²) in [7, 11) is 0. The van der Waals surface area contributed by atoms with Gasteiger partial charge in [0.1, 0.15) is 0 Å². The van der Waals surface area contributed by atoms with Crippen molar-refractivity contribution in [2.24, 2.45) is 0 Å². The molecule has 0 saturated heterocycles. The summed E-state index contributed by atoms with van der Waals surface area (Å²) >= 11 is 3.63. The van der Waals surface area contributed by atoms with E-state index in [1.54, 1.807) is 0 Å². The maximum absolute atomic E-state index is 3.63. The van der Waals surface area contributed by atoms with E-state index in [4.69, 9.17) is 0 Å². The predicted molar refractivity (Wildman–Crippen MR) is 62.7 cm³/mol. The van der Waals surface area contributed by atoms with Gasteiger partial charge in [-0.2, -0.15) is 0 Å².